The Bertz CT molecular complexity index is 1050. The van der Waals surface area contributed by atoms with E-state index in [2.05, 4.69) is 20.5 Å². The highest BCUT2D eigenvalue weighted by molar-refractivity contribution is 7.13. The van der Waals surface area contributed by atoms with Gasteiger partial charge in [-0.25, -0.2) is 4.98 Å². The first kappa shape index (κ1) is 16.4. The zero-order valence-electron chi connectivity index (χ0n) is 14.2. The van der Waals surface area contributed by atoms with E-state index < -0.39 is 0 Å². The highest BCUT2D eigenvalue weighted by atomic mass is 32.1. The van der Waals surface area contributed by atoms with Gasteiger partial charge in [0.1, 0.15) is 16.5 Å². The van der Waals surface area contributed by atoms with Gasteiger partial charge in [-0.3, -0.25) is 9.20 Å². The second-order valence-corrected chi connectivity index (χ2v) is 6.81. The molecule has 4 aromatic rings. The highest BCUT2D eigenvalue weighted by Gasteiger charge is 2.12. The van der Waals surface area contributed by atoms with Crippen molar-refractivity contribution in [1.29, 1.82) is 0 Å². The van der Waals surface area contributed by atoms with Crippen molar-refractivity contribution in [3.63, 3.8) is 0 Å². The monoisotopic (exact) mass is 363 g/mol. The molecule has 3 aromatic heterocycles. The van der Waals surface area contributed by atoms with E-state index in [1.807, 2.05) is 60.0 Å². The van der Waals surface area contributed by atoms with Gasteiger partial charge in [-0.1, -0.05) is 35.9 Å². The maximum atomic E-state index is 12.3. The van der Waals surface area contributed by atoms with Gasteiger partial charge in [-0.2, -0.15) is 0 Å². The van der Waals surface area contributed by atoms with Crippen LogP contribution in [0.5, 0.6) is 0 Å². The molecule has 0 aliphatic heterocycles. The molecule has 1 aromatic carbocycles. The van der Waals surface area contributed by atoms with Crippen molar-refractivity contribution >= 4 is 22.9 Å². The summed E-state index contributed by atoms with van der Waals surface area (Å²) in [5.74, 6) is 0.646. The maximum Gasteiger partial charge on any atom is 0.270 e. The Morgan fingerprint density at radius 2 is 2.00 bits per heavy atom. The van der Waals surface area contributed by atoms with Crippen molar-refractivity contribution in [3.8, 4) is 10.6 Å². The fourth-order valence-corrected chi connectivity index (χ4v) is 3.45. The number of aryl methyl sites for hydroxylation is 1. The van der Waals surface area contributed by atoms with Gasteiger partial charge >= 0.3 is 0 Å². The summed E-state index contributed by atoms with van der Waals surface area (Å²) >= 11 is 1.47. The first-order valence-electron chi connectivity index (χ1n) is 8.30. The van der Waals surface area contributed by atoms with Gasteiger partial charge in [-0.05, 0) is 19.1 Å². The van der Waals surface area contributed by atoms with Crippen molar-refractivity contribution in [2.45, 2.75) is 13.3 Å². The van der Waals surface area contributed by atoms with E-state index in [0.29, 0.717) is 18.7 Å². The molecule has 4 rings (SSSR count). The van der Waals surface area contributed by atoms with Crippen LogP contribution in [0.15, 0.2) is 54.0 Å². The van der Waals surface area contributed by atoms with Crippen molar-refractivity contribution in [2.75, 3.05) is 6.54 Å². The highest BCUT2D eigenvalue weighted by Crippen LogP contribution is 2.23. The molecule has 0 spiro atoms. The largest absolute Gasteiger partial charge is 0.350 e. The number of fused-ring (bicyclic) bond motifs is 1. The Morgan fingerprint density at radius 1 is 1.15 bits per heavy atom. The normalized spacial score (nSPS) is 11.0. The van der Waals surface area contributed by atoms with Gasteiger partial charge in [-0.15, -0.1) is 21.5 Å². The predicted molar refractivity (Wildman–Crippen MR) is 101 cm³/mol. The Labute approximate surface area is 154 Å². The average molecular weight is 363 g/mol. The number of benzene rings is 1. The Hall–Kier alpha value is -3.06. The van der Waals surface area contributed by atoms with Crippen LogP contribution in [0, 0.1) is 6.92 Å². The van der Waals surface area contributed by atoms with E-state index in [9.17, 15) is 4.79 Å². The summed E-state index contributed by atoms with van der Waals surface area (Å²) in [6, 6.07) is 13.9. The summed E-state index contributed by atoms with van der Waals surface area (Å²) in [7, 11) is 0. The van der Waals surface area contributed by atoms with Crippen LogP contribution in [0.1, 0.15) is 21.9 Å². The van der Waals surface area contributed by atoms with Crippen LogP contribution < -0.4 is 5.32 Å². The van der Waals surface area contributed by atoms with Crippen LogP contribution in [0.3, 0.4) is 0 Å². The molecular formula is C19H17N5OS. The summed E-state index contributed by atoms with van der Waals surface area (Å²) in [5.41, 5.74) is 3.46. The molecule has 6 nitrogen and oxygen atoms in total. The van der Waals surface area contributed by atoms with E-state index in [1.54, 1.807) is 5.38 Å². The molecule has 0 atom stereocenters. The minimum atomic E-state index is -0.173. The molecule has 0 saturated carbocycles. The number of hydrogen-bond donors (Lipinski definition) is 1. The number of pyridine rings is 1. The van der Waals surface area contributed by atoms with Crippen LogP contribution in [0.4, 0.5) is 0 Å². The summed E-state index contributed by atoms with van der Waals surface area (Å²) in [4.78, 5) is 16.8. The quantitative estimate of drug-likeness (QED) is 0.591. The number of nitrogens with one attached hydrogen (secondary N) is 1. The summed E-state index contributed by atoms with van der Waals surface area (Å²) < 4.78 is 1.92. The van der Waals surface area contributed by atoms with Crippen molar-refractivity contribution < 1.29 is 4.79 Å². The zero-order valence-corrected chi connectivity index (χ0v) is 15.0. The summed E-state index contributed by atoms with van der Waals surface area (Å²) in [6.45, 7) is 2.52. The lowest BCUT2D eigenvalue weighted by Crippen LogP contribution is -2.26. The molecule has 0 aliphatic rings. The number of carbonyl (C=O) groups is 1. The van der Waals surface area contributed by atoms with E-state index in [0.717, 1.165) is 22.0 Å². The molecule has 0 saturated heterocycles. The Balaban J connectivity index is 1.39. The van der Waals surface area contributed by atoms with E-state index in [1.165, 1.54) is 16.9 Å². The second kappa shape index (κ2) is 7.05. The zero-order chi connectivity index (χ0) is 17.9. The minimum absolute atomic E-state index is 0.173. The molecule has 130 valence electrons. The van der Waals surface area contributed by atoms with Gasteiger partial charge in [0.15, 0.2) is 5.65 Å². The number of rotatable bonds is 5. The number of nitrogens with zero attached hydrogens (tertiary/aromatic N) is 4. The van der Waals surface area contributed by atoms with E-state index in [-0.39, 0.29) is 5.91 Å². The minimum Gasteiger partial charge on any atom is -0.350 e. The summed E-state index contributed by atoms with van der Waals surface area (Å²) in [6.07, 6.45) is 2.52. The smallest absolute Gasteiger partial charge is 0.270 e. The molecule has 1 amide bonds. The lowest BCUT2D eigenvalue weighted by atomic mass is 10.2. The molecule has 3 heterocycles. The second-order valence-electron chi connectivity index (χ2n) is 5.95. The number of carbonyl (C=O) groups excluding carboxylic acids is 1. The van der Waals surface area contributed by atoms with Gasteiger partial charge in [0, 0.05) is 30.1 Å². The summed E-state index contributed by atoms with van der Waals surface area (Å²) in [5, 5.41) is 13.8. The van der Waals surface area contributed by atoms with Gasteiger partial charge < -0.3 is 5.32 Å². The fraction of sp³-hybridized carbons (Fsp3) is 0.158. The number of aromatic nitrogens is 4. The molecule has 0 bridgehead atoms. The lowest BCUT2D eigenvalue weighted by molar-refractivity contribution is 0.0949. The van der Waals surface area contributed by atoms with Crippen LogP contribution in [0.2, 0.25) is 0 Å². The Morgan fingerprint density at radius 3 is 2.85 bits per heavy atom. The SMILES string of the molecule is Cc1ccc(-c2nc(C(=O)NCCc3nnc4ccccn34)cs2)cc1. The molecule has 0 radical (unpaired) electrons. The maximum absolute atomic E-state index is 12.3. The standard InChI is InChI=1S/C19H17N5OS/c1-13-5-7-14(8-6-13)19-21-15(12-26-19)18(25)20-10-9-17-23-22-16-4-2-3-11-24(16)17/h2-8,11-12H,9-10H2,1H3,(H,20,25). The molecular weight excluding hydrogens is 346 g/mol. The van der Waals surface area contributed by atoms with Crippen molar-refractivity contribution in [1.82, 2.24) is 24.9 Å². The molecule has 26 heavy (non-hydrogen) atoms. The van der Waals surface area contributed by atoms with Crippen molar-refractivity contribution in [3.05, 3.63) is 71.1 Å². The third kappa shape index (κ3) is 3.34. The van der Waals surface area contributed by atoms with Gasteiger partial charge in [0.25, 0.3) is 5.91 Å². The molecule has 7 heteroatoms. The average Bonchev–Trinajstić information content (AvgIpc) is 3.30. The topological polar surface area (TPSA) is 72.2 Å². The van der Waals surface area contributed by atoms with Crippen LogP contribution in [0.25, 0.3) is 16.2 Å². The molecule has 0 unspecified atom stereocenters. The number of thiazole rings is 1. The third-order valence-corrected chi connectivity index (χ3v) is 4.95. The van der Waals surface area contributed by atoms with Crippen molar-refractivity contribution in [2.24, 2.45) is 0 Å². The number of hydrogen-bond acceptors (Lipinski definition) is 5. The predicted octanol–water partition coefficient (Wildman–Crippen LogP) is 3.13. The van der Waals surface area contributed by atoms with Crippen LogP contribution in [-0.2, 0) is 6.42 Å². The Kier molecular flexibility index (Phi) is 4.45. The van der Waals surface area contributed by atoms with Gasteiger partial charge in [0.05, 0.1) is 0 Å². The lowest BCUT2D eigenvalue weighted by Gasteiger charge is -2.02. The van der Waals surface area contributed by atoms with Crippen LogP contribution in [-0.4, -0.2) is 32.0 Å². The molecule has 1 N–H and O–H groups in total. The number of amides is 1. The van der Waals surface area contributed by atoms with Crippen LogP contribution >= 0.6 is 11.3 Å². The van der Waals surface area contributed by atoms with E-state index in [4.69, 9.17) is 0 Å². The first-order chi connectivity index (χ1) is 12.7. The third-order valence-electron chi connectivity index (χ3n) is 4.05. The molecule has 0 aliphatic carbocycles. The van der Waals surface area contributed by atoms with E-state index >= 15 is 0 Å². The fourth-order valence-electron chi connectivity index (χ4n) is 2.65. The first-order valence-corrected chi connectivity index (χ1v) is 9.18. The van der Waals surface area contributed by atoms with Gasteiger partial charge in [0.2, 0.25) is 0 Å². The molecule has 0 fully saturated rings.